The van der Waals surface area contributed by atoms with Gasteiger partial charge in [0.05, 0.1) is 12.1 Å². The molecule has 0 saturated carbocycles. The SMILES string of the molecule is CC1(C)O[C@@H]2OC([C@@H](O)CNC(=O)c3ccccc3)C(NC(=O)c3ccccc3)[C@@H]2O1. The predicted octanol–water partition coefficient (Wildman–Crippen LogP) is 1.45. The summed E-state index contributed by atoms with van der Waals surface area (Å²) in [7, 11) is 0. The fraction of sp³-hybridized carbons (Fsp3) is 0.391. The van der Waals surface area contributed by atoms with Gasteiger partial charge in [-0.1, -0.05) is 36.4 Å². The molecule has 2 aromatic carbocycles. The lowest BCUT2D eigenvalue weighted by Crippen LogP contribution is -2.54. The fourth-order valence-electron chi connectivity index (χ4n) is 3.86. The van der Waals surface area contributed by atoms with Gasteiger partial charge in [0.25, 0.3) is 11.8 Å². The number of aliphatic hydroxyl groups excluding tert-OH is 1. The van der Waals surface area contributed by atoms with E-state index >= 15 is 0 Å². The maximum atomic E-state index is 12.8. The van der Waals surface area contributed by atoms with Crippen molar-refractivity contribution in [3.8, 4) is 0 Å². The molecule has 8 nitrogen and oxygen atoms in total. The van der Waals surface area contributed by atoms with Gasteiger partial charge < -0.3 is 30.0 Å². The molecule has 0 radical (unpaired) electrons. The first-order valence-electron chi connectivity index (χ1n) is 10.2. The summed E-state index contributed by atoms with van der Waals surface area (Å²) in [6.45, 7) is 3.46. The van der Waals surface area contributed by atoms with Crippen LogP contribution in [0.5, 0.6) is 0 Å². The van der Waals surface area contributed by atoms with Crippen LogP contribution in [-0.4, -0.2) is 59.9 Å². The Morgan fingerprint density at radius 3 is 2.16 bits per heavy atom. The number of benzene rings is 2. The van der Waals surface area contributed by atoms with Crippen molar-refractivity contribution in [3.05, 3.63) is 71.8 Å². The molecule has 164 valence electrons. The average molecular weight is 426 g/mol. The second kappa shape index (κ2) is 8.76. The van der Waals surface area contributed by atoms with Gasteiger partial charge in [0.1, 0.15) is 12.2 Å². The number of hydrogen-bond donors (Lipinski definition) is 3. The molecule has 0 aliphatic carbocycles. The summed E-state index contributed by atoms with van der Waals surface area (Å²) in [4.78, 5) is 25.1. The van der Waals surface area contributed by atoms with E-state index in [1.165, 1.54) is 0 Å². The summed E-state index contributed by atoms with van der Waals surface area (Å²) in [5, 5.41) is 16.4. The number of amides is 2. The molecule has 2 amide bonds. The van der Waals surface area contributed by atoms with Crippen molar-refractivity contribution >= 4 is 11.8 Å². The van der Waals surface area contributed by atoms with Crippen LogP contribution in [0, 0.1) is 0 Å². The maximum Gasteiger partial charge on any atom is 0.251 e. The Morgan fingerprint density at radius 2 is 1.55 bits per heavy atom. The largest absolute Gasteiger partial charge is 0.388 e. The monoisotopic (exact) mass is 426 g/mol. The molecule has 5 atom stereocenters. The van der Waals surface area contributed by atoms with E-state index in [1.807, 2.05) is 12.1 Å². The number of carbonyl (C=O) groups is 2. The van der Waals surface area contributed by atoms with Gasteiger partial charge in [0.15, 0.2) is 12.1 Å². The number of nitrogens with one attached hydrogen (secondary N) is 2. The summed E-state index contributed by atoms with van der Waals surface area (Å²) in [6, 6.07) is 16.8. The molecule has 2 heterocycles. The van der Waals surface area contributed by atoms with Crippen LogP contribution in [0.1, 0.15) is 34.6 Å². The zero-order valence-electron chi connectivity index (χ0n) is 17.4. The molecule has 4 rings (SSSR count). The Kier molecular flexibility index (Phi) is 6.06. The van der Waals surface area contributed by atoms with Gasteiger partial charge in [-0.3, -0.25) is 9.59 Å². The van der Waals surface area contributed by atoms with E-state index in [0.29, 0.717) is 11.1 Å². The average Bonchev–Trinajstić information content (AvgIpc) is 3.25. The van der Waals surface area contributed by atoms with Crippen LogP contribution in [0.2, 0.25) is 0 Å². The van der Waals surface area contributed by atoms with Crippen molar-refractivity contribution < 1.29 is 28.9 Å². The zero-order valence-corrected chi connectivity index (χ0v) is 17.4. The molecule has 31 heavy (non-hydrogen) atoms. The van der Waals surface area contributed by atoms with Crippen LogP contribution in [0.15, 0.2) is 60.7 Å². The van der Waals surface area contributed by atoms with Crippen molar-refractivity contribution in [2.75, 3.05) is 6.54 Å². The smallest absolute Gasteiger partial charge is 0.251 e. The molecule has 2 saturated heterocycles. The summed E-state index contributed by atoms with van der Waals surface area (Å²) in [5.41, 5.74) is 0.969. The van der Waals surface area contributed by atoms with E-state index in [9.17, 15) is 14.7 Å². The van der Waals surface area contributed by atoms with E-state index in [2.05, 4.69) is 10.6 Å². The van der Waals surface area contributed by atoms with Crippen LogP contribution in [0.3, 0.4) is 0 Å². The minimum atomic E-state index is -1.09. The highest BCUT2D eigenvalue weighted by molar-refractivity contribution is 5.94. The number of hydrogen-bond acceptors (Lipinski definition) is 6. The summed E-state index contributed by atoms with van der Waals surface area (Å²) < 4.78 is 17.6. The minimum Gasteiger partial charge on any atom is -0.388 e. The predicted molar refractivity (Wildman–Crippen MR) is 111 cm³/mol. The molecule has 2 unspecified atom stereocenters. The standard InChI is InChI=1S/C23H26N2O6/c1-23(2)30-19-17(25-21(28)15-11-7-4-8-12-15)18(29-22(19)31-23)16(26)13-24-20(27)14-9-5-3-6-10-14/h3-12,16-19,22,26H,13H2,1-2H3,(H,24,27)(H,25,28)/t16-,17?,18?,19-,22-/m0/s1. The summed E-state index contributed by atoms with van der Waals surface area (Å²) >= 11 is 0. The topological polar surface area (TPSA) is 106 Å². The highest BCUT2D eigenvalue weighted by Crippen LogP contribution is 2.38. The molecule has 2 aliphatic heterocycles. The van der Waals surface area contributed by atoms with Gasteiger partial charge in [0, 0.05) is 17.7 Å². The van der Waals surface area contributed by atoms with Gasteiger partial charge in [-0.15, -0.1) is 0 Å². The van der Waals surface area contributed by atoms with E-state index in [1.54, 1.807) is 62.4 Å². The van der Waals surface area contributed by atoms with E-state index in [0.717, 1.165) is 0 Å². The van der Waals surface area contributed by atoms with Crippen LogP contribution in [-0.2, 0) is 14.2 Å². The van der Waals surface area contributed by atoms with Gasteiger partial charge in [-0.2, -0.15) is 0 Å². The Balaban J connectivity index is 1.45. The van der Waals surface area contributed by atoms with Gasteiger partial charge >= 0.3 is 0 Å². The summed E-state index contributed by atoms with van der Waals surface area (Å²) in [5.74, 6) is -1.49. The molecule has 0 bridgehead atoms. The van der Waals surface area contributed by atoms with Crippen LogP contribution < -0.4 is 10.6 Å². The zero-order chi connectivity index (χ0) is 22.0. The molecular formula is C23H26N2O6. The van der Waals surface area contributed by atoms with Crippen molar-refractivity contribution in [3.63, 3.8) is 0 Å². The number of carbonyl (C=O) groups excluding carboxylic acids is 2. The Hall–Kier alpha value is -2.78. The maximum absolute atomic E-state index is 12.8. The molecular weight excluding hydrogens is 400 g/mol. The fourth-order valence-corrected chi connectivity index (χ4v) is 3.86. The molecule has 2 fully saturated rings. The van der Waals surface area contributed by atoms with Crippen LogP contribution in [0.25, 0.3) is 0 Å². The van der Waals surface area contributed by atoms with Crippen molar-refractivity contribution in [1.82, 2.24) is 10.6 Å². The molecule has 0 aromatic heterocycles. The highest BCUT2D eigenvalue weighted by atomic mass is 16.8. The van der Waals surface area contributed by atoms with Gasteiger partial charge in [0.2, 0.25) is 0 Å². The lowest BCUT2D eigenvalue weighted by molar-refractivity contribution is -0.216. The highest BCUT2D eigenvalue weighted by Gasteiger charge is 2.56. The third-order valence-corrected chi connectivity index (χ3v) is 5.31. The quantitative estimate of drug-likeness (QED) is 0.646. The third kappa shape index (κ3) is 4.77. The molecule has 3 N–H and O–H groups in total. The molecule has 0 spiro atoms. The first-order chi connectivity index (χ1) is 14.8. The molecule has 2 aliphatic rings. The normalized spacial score (nSPS) is 27.3. The Labute approximate surface area is 180 Å². The van der Waals surface area contributed by atoms with Crippen molar-refractivity contribution in [1.29, 1.82) is 0 Å². The first-order valence-corrected chi connectivity index (χ1v) is 10.2. The minimum absolute atomic E-state index is 0.0566. The molecule has 2 aromatic rings. The second-order valence-electron chi connectivity index (χ2n) is 8.08. The van der Waals surface area contributed by atoms with Crippen molar-refractivity contribution in [2.24, 2.45) is 0 Å². The van der Waals surface area contributed by atoms with E-state index < -0.39 is 36.4 Å². The number of aliphatic hydroxyl groups is 1. The Morgan fingerprint density at radius 1 is 0.968 bits per heavy atom. The lowest BCUT2D eigenvalue weighted by Gasteiger charge is -2.29. The van der Waals surface area contributed by atoms with Gasteiger partial charge in [-0.25, -0.2) is 0 Å². The lowest BCUT2D eigenvalue weighted by atomic mass is 10.0. The molecule has 8 heteroatoms. The van der Waals surface area contributed by atoms with Crippen LogP contribution >= 0.6 is 0 Å². The van der Waals surface area contributed by atoms with Crippen molar-refractivity contribution in [2.45, 2.75) is 50.3 Å². The number of fused-ring (bicyclic) bond motifs is 1. The number of ether oxygens (including phenoxy) is 3. The van der Waals surface area contributed by atoms with E-state index in [4.69, 9.17) is 14.2 Å². The van der Waals surface area contributed by atoms with E-state index in [-0.39, 0.29) is 18.4 Å². The van der Waals surface area contributed by atoms with Crippen LogP contribution in [0.4, 0.5) is 0 Å². The summed E-state index contributed by atoms with van der Waals surface area (Å²) in [6.07, 6.45) is -3.24. The first kappa shape index (κ1) is 21.5. The third-order valence-electron chi connectivity index (χ3n) is 5.31. The second-order valence-corrected chi connectivity index (χ2v) is 8.08. The Bertz CT molecular complexity index is 920. The number of rotatable bonds is 6. The van der Waals surface area contributed by atoms with Gasteiger partial charge in [-0.05, 0) is 38.1 Å².